The number of imidazole rings is 1. The lowest BCUT2D eigenvalue weighted by Crippen LogP contribution is -2.20. The average Bonchev–Trinajstić information content (AvgIpc) is 2.93. The molecule has 146 valence electrons. The smallest absolute Gasteiger partial charge is 0.323 e. The van der Waals surface area contributed by atoms with E-state index in [9.17, 15) is 4.79 Å². The molecule has 0 atom stereocenters. The van der Waals surface area contributed by atoms with Crippen LogP contribution in [0.15, 0.2) is 30.6 Å². The highest BCUT2D eigenvalue weighted by molar-refractivity contribution is 5.99. The Bertz CT molecular complexity index is 975. The number of carbonyl (C=O) groups is 1. The quantitative estimate of drug-likeness (QED) is 0.702. The van der Waals surface area contributed by atoms with Gasteiger partial charge in [0.2, 0.25) is 5.95 Å². The Hall–Kier alpha value is -3.62. The third kappa shape index (κ3) is 4.03. The standard InChI is InChI=1S/C19H22N6O3/c1-11-12(2)25(13(3)22-11)18-20-9-15(10-21-18)24-19(26)23-14-6-16(27-4)8-17(7-14)28-5/h6-10H,1-5H3,(H2,23,24,26). The number of rotatable bonds is 5. The fraction of sp³-hybridized carbons (Fsp3) is 0.263. The van der Waals surface area contributed by atoms with Gasteiger partial charge in [0.05, 0.1) is 38.0 Å². The second kappa shape index (κ2) is 7.95. The Kier molecular flexibility index (Phi) is 5.44. The van der Waals surface area contributed by atoms with Gasteiger partial charge in [-0.3, -0.25) is 4.57 Å². The van der Waals surface area contributed by atoms with Crippen molar-refractivity contribution >= 4 is 17.4 Å². The van der Waals surface area contributed by atoms with E-state index in [0.717, 1.165) is 17.2 Å². The molecule has 9 heteroatoms. The van der Waals surface area contributed by atoms with Gasteiger partial charge in [-0.1, -0.05) is 0 Å². The molecule has 0 fully saturated rings. The molecule has 2 amide bonds. The van der Waals surface area contributed by atoms with Gasteiger partial charge in [-0.15, -0.1) is 0 Å². The Morgan fingerprint density at radius 2 is 1.50 bits per heavy atom. The number of amides is 2. The number of hydrogen-bond acceptors (Lipinski definition) is 6. The molecule has 0 radical (unpaired) electrons. The molecular weight excluding hydrogens is 360 g/mol. The fourth-order valence-corrected chi connectivity index (χ4v) is 2.75. The summed E-state index contributed by atoms with van der Waals surface area (Å²) in [5.41, 5.74) is 2.90. The topological polar surface area (TPSA) is 103 Å². The molecule has 3 aromatic rings. The van der Waals surface area contributed by atoms with Gasteiger partial charge in [0.25, 0.3) is 0 Å². The number of aryl methyl sites for hydroxylation is 2. The van der Waals surface area contributed by atoms with Crippen LogP contribution < -0.4 is 20.1 Å². The van der Waals surface area contributed by atoms with E-state index in [1.807, 2.05) is 25.3 Å². The van der Waals surface area contributed by atoms with Crippen molar-refractivity contribution in [3.05, 3.63) is 47.8 Å². The third-order valence-corrected chi connectivity index (χ3v) is 4.22. The van der Waals surface area contributed by atoms with Gasteiger partial charge in [0.1, 0.15) is 17.3 Å². The maximum atomic E-state index is 12.3. The van der Waals surface area contributed by atoms with Crippen LogP contribution in [-0.2, 0) is 0 Å². The normalized spacial score (nSPS) is 10.5. The highest BCUT2D eigenvalue weighted by Gasteiger charge is 2.12. The summed E-state index contributed by atoms with van der Waals surface area (Å²) in [5.74, 6) is 2.45. The van der Waals surface area contributed by atoms with E-state index in [2.05, 4.69) is 25.6 Å². The number of ether oxygens (including phenoxy) is 2. The van der Waals surface area contributed by atoms with Gasteiger partial charge in [0, 0.05) is 29.6 Å². The van der Waals surface area contributed by atoms with Crippen LogP contribution in [0, 0.1) is 20.8 Å². The SMILES string of the molecule is COc1cc(NC(=O)Nc2cnc(-n3c(C)nc(C)c3C)nc2)cc(OC)c1. The van der Waals surface area contributed by atoms with Crippen molar-refractivity contribution in [2.24, 2.45) is 0 Å². The van der Waals surface area contributed by atoms with Crippen LogP contribution in [0.4, 0.5) is 16.2 Å². The number of nitrogens with zero attached hydrogens (tertiary/aromatic N) is 4. The molecule has 0 aliphatic carbocycles. The predicted octanol–water partition coefficient (Wildman–Crippen LogP) is 3.25. The number of aromatic nitrogens is 4. The van der Waals surface area contributed by atoms with E-state index >= 15 is 0 Å². The molecular formula is C19H22N6O3. The van der Waals surface area contributed by atoms with Crippen molar-refractivity contribution in [1.82, 2.24) is 19.5 Å². The Morgan fingerprint density at radius 1 is 0.929 bits per heavy atom. The molecule has 0 spiro atoms. The van der Waals surface area contributed by atoms with Crippen LogP contribution >= 0.6 is 0 Å². The molecule has 9 nitrogen and oxygen atoms in total. The van der Waals surface area contributed by atoms with Gasteiger partial charge in [-0.05, 0) is 20.8 Å². The first kappa shape index (κ1) is 19.2. The minimum atomic E-state index is -0.433. The summed E-state index contributed by atoms with van der Waals surface area (Å²) in [7, 11) is 3.09. The van der Waals surface area contributed by atoms with E-state index in [1.54, 1.807) is 44.8 Å². The molecule has 0 saturated carbocycles. The zero-order valence-electron chi connectivity index (χ0n) is 16.4. The molecule has 1 aromatic carbocycles. The summed E-state index contributed by atoms with van der Waals surface area (Å²) in [4.78, 5) is 25.3. The van der Waals surface area contributed by atoms with E-state index in [-0.39, 0.29) is 0 Å². The molecule has 0 aliphatic rings. The summed E-state index contributed by atoms with van der Waals surface area (Å²) in [5, 5.41) is 5.42. The molecule has 2 aromatic heterocycles. The second-order valence-electron chi connectivity index (χ2n) is 6.12. The molecule has 0 saturated heterocycles. The number of methoxy groups -OCH3 is 2. The van der Waals surface area contributed by atoms with Crippen molar-refractivity contribution < 1.29 is 14.3 Å². The van der Waals surface area contributed by atoms with Crippen molar-refractivity contribution in [2.45, 2.75) is 20.8 Å². The fourth-order valence-electron chi connectivity index (χ4n) is 2.75. The highest BCUT2D eigenvalue weighted by Crippen LogP contribution is 2.25. The monoisotopic (exact) mass is 382 g/mol. The molecule has 3 rings (SSSR count). The molecule has 0 bridgehead atoms. The van der Waals surface area contributed by atoms with Crippen LogP contribution in [0.5, 0.6) is 11.5 Å². The predicted molar refractivity (Wildman–Crippen MR) is 106 cm³/mol. The Morgan fingerprint density at radius 3 is 2.00 bits per heavy atom. The molecule has 2 heterocycles. The first-order valence-electron chi connectivity index (χ1n) is 8.57. The van der Waals surface area contributed by atoms with Crippen molar-refractivity contribution in [3.8, 4) is 17.4 Å². The Labute approximate surface area is 162 Å². The van der Waals surface area contributed by atoms with Gasteiger partial charge in [-0.2, -0.15) is 0 Å². The zero-order chi connectivity index (χ0) is 20.3. The van der Waals surface area contributed by atoms with Crippen LogP contribution in [0.2, 0.25) is 0 Å². The summed E-state index contributed by atoms with van der Waals surface area (Å²) >= 11 is 0. The lowest BCUT2D eigenvalue weighted by atomic mass is 10.3. The zero-order valence-corrected chi connectivity index (χ0v) is 16.4. The van der Waals surface area contributed by atoms with Gasteiger partial charge >= 0.3 is 6.03 Å². The summed E-state index contributed by atoms with van der Waals surface area (Å²) < 4.78 is 12.3. The summed E-state index contributed by atoms with van der Waals surface area (Å²) in [6.45, 7) is 5.79. The maximum absolute atomic E-state index is 12.3. The molecule has 0 unspecified atom stereocenters. The minimum absolute atomic E-state index is 0.433. The summed E-state index contributed by atoms with van der Waals surface area (Å²) in [6.07, 6.45) is 3.09. The number of anilines is 2. The van der Waals surface area contributed by atoms with Gasteiger partial charge in [0.15, 0.2) is 0 Å². The van der Waals surface area contributed by atoms with Crippen LogP contribution in [-0.4, -0.2) is 39.8 Å². The average molecular weight is 382 g/mol. The van der Waals surface area contributed by atoms with Crippen LogP contribution in [0.3, 0.4) is 0 Å². The third-order valence-electron chi connectivity index (χ3n) is 4.22. The van der Waals surface area contributed by atoms with Crippen LogP contribution in [0.1, 0.15) is 17.2 Å². The van der Waals surface area contributed by atoms with Gasteiger partial charge < -0.3 is 20.1 Å². The number of carbonyl (C=O) groups excluding carboxylic acids is 1. The Balaban J connectivity index is 1.71. The molecule has 0 aliphatic heterocycles. The van der Waals surface area contributed by atoms with E-state index in [1.165, 1.54) is 0 Å². The molecule has 28 heavy (non-hydrogen) atoms. The van der Waals surface area contributed by atoms with Crippen molar-refractivity contribution in [2.75, 3.05) is 24.9 Å². The first-order valence-corrected chi connectivity index (χ1v) is 8.57. The van der Waals surface area contributed by atoms with E-state index in [4.69, 9.17) is 9.47 Å². The van der Waals surface area contributed by atoms with Crippen molar-refractivity contribution in [1.29, 1.82) is 0 Å². The van der Waals surface area contributed by atoms with Crippen LogP contribution in [0.25, 0.3) is 5.95 Å². The number of benzene rings is 1. The van der Waals surface area contributed by atoms with Crippen molar-refractivity contribution in [3.63, 3.8) is 0 Å². The molecule has 2 N–H and O–H groups in total. The lowest BCUT2D eigenvalue weighted by Gasteiger charge is -2.11. The largest absolute Gasteiger partial charge is 0.497 e. The van der Waals surface area contributed by atoms with E-state index < -0.39 is 6.03 Å². The number of nitrogens with one attached hydrogen (secondary N) is 2. The maximum Gasteiger partial charge on any atom is 0.323 e. The number of urea groups is 1. The minimum Gasteiger partial charge on any atom is -0.497 e. The number of hydrogen-bond donors (Lipinski definition) is 2. The second-order valence-corrected chi connectivity index (χ2v) is 6.12. The summed E-state index contributed by atoms with van der Waals surface area (Å²) in [6, 6.07) is 4.67. The first-order chi connectivity index (χ1) is 13.4. The highest BCUT2D eigenvalue weighted by atomic mass is 16.5. The van der Waals surface area contributed by atoms with E-state index in [0.29, 0.717) is 28.8 Å². The lowest BCUT2D eigenvalue weighted by molar-refractivity contribution is 0.262. The van der Waals surface area contributed by atoms with Gasteiger partial charge in [-0.25, -0.2) is 19.7 Å².